The first kappa shape index (κ1) is 22.0. The van der Waals surface area contributed by atoms with Crippen LogP contribution in [0.15, 0.2) is 58.8 Å². The molecule has 0 amide bonds. The van der Waals surface area contributed by atoms with E-state index in [9.17, 15) is 0 Å². The van der Waals surface area contributed by atoms with Crippen molar-refractivity contribution in [3.8, 4) is 6.07 Å². The van der Waals surface area contributed by atoms with E-state index in [0.717, 1.165) is 37.6 Å². The minimum Gasteiger partial charge on any atom is -0.369 e. The van der Waals surface area contributed by atoms with Crippen molar-refractivity contribution in [1.29, 1.82) is 5.26 Å². The van der Waals surface area contributed by atoms with Gasteiger partial charge in [-0.1, -0.05) is 39.0 Å². The van der Waals surface area contributed by atoms with Crippen LogP contribution >= 0.6 is 0 Å². The van der Waals surface area contributed by atoms with E-state index >= 15 is 0 Å². The van der Waals surface area contributed by atoms with Crippen LogP contribution in [-0.4, -0.2) is 37.6 Å². The molecule has 1 aliphatic heterocycles. The Hall–Kier alpha value is -2.71. The van der Waals surface area contributed by atoms with Crippen molar-refractivity contribution in [2.24, 2.45) is 10.2 Å². The lowest BCUT2D eigenvalue weighted by molar-refractivity contribution is 0.252. The molecule has 158 valence electrons. The van der Waals surface area contributed by atoms with Crippen molar-refractivity contribution in [2.75, 3.05) is 37.6 Å². The molecule has 1 heterocycles. The van der Waals surface area contributed by atoms with Gasteiger partial charge >= 0.3 is 0 Å². The largest absolute Gasteiger partial charge is 0.369 e. The number of hydrogen-bond acceptors (Lipinski definition) is 5. The molecular weight excluding hydrogens is 370 g/mol. The van der Waals surface area contributed by atoms with Crippen molar-refractivity contribution in [2.45, 2.75) is 45.4 Å². The van der Waals surface area contributed by atoms with Crippen LogP contribution in [0.3, 0.4) is 0 Å². The SMILES string of the molecule is CCCCCCCCN1CCN(c2ccc(N=Nc3ccc(C#N)cc3)cc2)CC1. The number of anilines is 1. The van der Waals surface area contributed by atoms with Gasteiger partial charge in [0.25, 0.3) is 0 Å². The van der Waals surface area contributed by atoms with Crippen LogP contribution in [0.25, 0.3) is 0 Å². The van der Waals surface area contributed by atoms with Crippen LogP contribution in [-0.2, 0) is 0 Å². The van der Waals surface area contributed by atoms with Crippen LogP contribution in [0, 0.1) is 11.3 Å². The maximum Gasteiger partial charge on any atom is 0.0991 e. The molecule has 1 aliphatic rings. The van der Waals surface area contributed by atoms with Crippen LogP contribution in [0.4, 0.5) is 17.1 Å². The molecule has 5 nitrogen and oxygen atoms in total. The first-order valence-corrected chi connectivity index (χ1v) is 11.3. The second kappa shape index (κ2) is 12.1. The first-order chi connectivity index (χ1) is 14.8. The highest BCUT2D eigenvalue weighted by atomic mass is 15.3. The zero-order chi connectivity index (χ0) is 21.0. The fraction of sp³-hybridized carbons (Fsp3) is 0.480. The van der Waals surface area contributed by atoms with Gasteiger partial charge in [-0.3, -0.25) is 4.90 Å². The number of nitrogens with zero attached hydrogens (tertiary/aromatic N) is 5. The van der Waals surface area contributed by atoms with E-state index in [2.05, 4.69) is 45.2 Å². The zero-order valence-corrected chi connectivity index (χ0v) is 18.1. The quantitative estimate of drug-likeness (QED) is 0.338. The Labute approximate surface area is 181 Å². The average molecular weight is 404 g/mol. The van der Waals surface area contributed by atoms with Crippen LogP contribution < -0.4 is 4.90 Å². The molecule has 1 fully saturated rings. The summed E-state index contributed by atoms with van der Waals surface area (Å²) in [5.41, 5.74) is 3.47. The second-order valence-corrected chi connectivity index (χ2v) is 7.97. The maximum atomic E-state index is 8.85. The van der Waals surface area contributed by atoms with Crippen molar-refractivity contribution in [1.82, 2.24) is 4.90 Å². The highest BCUT2D eigenvalue weighted by molar-refractivity contribution is 5.53. The molecule has 0 radical (unpaired) electrons. The number of hydrogen-bond donors (Lipinski definition) is 0. The van der Waals surface area contributed by atoms with Crippen LogP contribution in [0.1, 0.15) is 51.0 Å². The van der Waals surface area contributed by atoms with Crippen LogP contribution in [0.5, 0.6) is 0 Å². The van der Waals surface area contributed by atoms with E-state index in [1.807, 2.05) is 12.1 Å². The predicted octanol–water partition coefficient (Wildman–Crippen LogP) is 6.46. The second-order valence-electron chi connectivity index (χ2n) is 7.97. The minimum atomic E-state index is 0.630. The summed E-state index contributed by atoms with van der Waals surface area (Å²) in [5.74, 6) is 0. The monoisotopic (exact) mass is 403 g/mol. The topological polar surface area (TPSA) is 55.0 Å². The van der Waals surface area contributed by atoms with Gasteiger partial charge in [0.15, 0.2) is 0 Å². The summed E-state index contributed by atoms with van der Waals surface area (Å²) < 4.78 is 0. The number of unbranched alkanes of at least 4 members (excludes halogenated alkanes) is 5. The number of rotatable bonds is 10. The van der Waals surface area contributed by atoms with Crippen molar-refractivity contribution >= 4 is 17.1 Å². The van der Waals surface area contributed by atoms with Gasteiger partial charge in [0.05, 0.1) is 23.0 Å². The maximum absolute atomic E-state index is 8.85. The lowest BCUT2D eigenvalue weighted by atomic mass is 10.1. The summed E-state index contributed by atoms with van der Waals surface area (Å²) in [6.07, 6.45) is 8.20. The Bertz CT molecular complexity index is 812. The highest BCUT2D eigenvalue weighted by Gasteiger charge is 2.16. The fourth-order valence-corrected chi connectivity index (χ4v) is 3.79. The predicted molar refractivity (Wildman–Crippen MR) is 124 cm³/mol. The summed E-state index contributed by atoms with van der Waals surface area (Å²) in [6.45, 7) is 7.98. The number of azo groups is 1. The van der Waals surface area contributed by atoms with Crippen molar-refractivity contribution < 1.29 is 0 Å². The Morgan fingerprint density at radius 3 is 1.93 bits per heavy atom. The van der Waals surface area contributed by atoms with Gasteiger partial charge in [0.2, 0.25) is 0 Å². The molecule has 0 unspecified atom stereocenters. The normalized spacial score (nSPS) is 14.9. The third-order valence-corrected chi connectivity index (χ3v) is 5.69. The standard InChI is InChI=1S/C25H33N5/c1-2-3-4-5-6-7-16-29-17-19-30(20-18-29)25-14-12-24(13-15-25)28-27-23-10-8-22(21-26)9-11-23/h8-15H,2-7,16-20H2,1H3. The van der Waals surface area contributed by atoms with Gasteiger partial charge in [0.1, 0.15) is 0 Å². The van der Waals surface area contributed by atoms with Gasteiger partial charge in [-0.2, -0.15) is 15.5 Å². The van der Waals surface area contributed by atoms with Crippen molar-refractivity contribution in [3.05, 3.63) is 54.1 Å². The van der Waals surface area contributed by atoms with E-state index in [1.54, 1.807) is 24.3 Å². The van der Waals surface area contributed by atoms with E-state index in [0.29, 0.717) is 5.56 Å². The van der Waals surface area contributed by atoms with Crippen molar-refractivity contribution in [3.63, 3.8) is 0 Å². The third-order valence-electron chi connectivity index (χ3n) is 5.69. The molecule has 0 spiro atoms. The minimum absolute atomic E-state index is 0.630. The van der Waals surface area contributed by atoms with E-state index in [-0.39, 0.29) is 0 Å². The molecule has 0 saturated carbocycles. The Balaban J connectivity index is 1.41. The van der Waals surface area contributed by atoms with Crippen LogP contribution in [0.2, 0.25) is 0 Å². The molecule has 0 N–H and O–H groups in total. The molecule has 30 heavy (non-hydrogen) atoms. The van der Waals surface area contributed by atoms with E-state index < -0.39 is 0 Å². The molecule has 0 aliphatic carbocycles. The van der Waals surface area contributed by atoms with Gasteiger partial charge in [-0.15, -0.1) is 0 Å². The summed E-state index contributed by atoms with van der Waals surface area (Å²) in [7, 11) is 0. The summed E-state index contributed by atoms with van der Waals surface area (Å²) in [5, 5.41) is 17.4. The summed E-state index contributed by atoms with van der Waals surface area (Å²) >= 11 is 0. The van der Waals surface area contributed by atoms with E-state index in [4.69, 9.17) is 5.26 Å². The molecule has 2 aromatic rings. The Kier molecular flexibility index (Phi) is 8.86. The highest BCUT2D eigenvalue weighted by Crippen LogP contribution is 2.23. The fourth-order valence-electron chi connectivity index (χ4n) is 3.79. The lowest BCUT2D eigenvalue weighted by Crippen LogP contribution is -2.46. The molecule has 0 bridgehead atoms. The van der Waals surface area contributed by atoms with Gasteiger partial charge < -0.3 is 4.90 Å². The number of piperazine rings is 1. The summed E-state index contributed by atoms with van der Waals surface area (Å²) in [4.78, 5) is 5.07. The Morgan fingerprint density at radius 2 is 1.33 bits per heavy atom. The molecular formula is C25H33N5. The number of nitriles is 1. The zero-order valence-electron chi connectivity index (χ0n) is 18.1. The third kappa shape index (κ3) is 6.96. The molecule has 3 rings (SSSR count). The average Bonchev–Trinajstić information content (AvgIpc) is 2.81. The molecule has 2 aromatic carbocycles. The smallest absolute Gasteiger partial charge is 0.0991 e. The van der Waals surface area contributed by atoms with E-state index in [1.165, 1.54) is 50.8 Å². The summed E-state index contributed by atoms with van der Waals surface area (Å²) in [6, 6.07) is 17.5. The molecule has 1 saturated heterocycles. The lowest BCUT2D eigenvalue weighted by Gasteiger charge is -2.36. The Morgan fingerprint density at radius 1 is 0.767 bits per heavy atom. The first-order valence-electron chi connectivity index (χ1n) is 11.3. The molecule has 0 atom stereocenters. The van der Waals surface area contributed by atoms with Gasteiger partial charge in [0, 0.05) is 31.9 Å². The molecule has 0 aromatic heterocycles. The van der Waals surface area contributed by atoms with Gasteiger partial charge in [-0.05, 0) is 61.5 Å². The number of benzene rings is 2. The molecule has 5 heteroatoms. The van der Waals surface area contributed by atoms with Gasteiger partial charge in [-0.25, -0.2) is 0 Å².